The lowest BCUT2D eigenvalue weighted by atomic mass is 10.1. The van der Waals surface area contributed by atoms with E-state index in [4.69, 9.17) is 20.4 Å². The lowest BCUT2D eigenvalue weighted by molar-refractivity contribution is 0.0681. The molecule has 1 aliphatic rings. The highest BCUT2D eigenvalue weighted by molar-refractivity contribution is 5.91. The van der Waals surface area contributed by atoms with Crippen LogP contribution in [0, 0.1) is 0 Å². The molecule has 0 saturated heterocycles. The molecule has 0 unspecified atom stereocenters. The van der Waals surface area contributed by atoms with Gasteiger partial charge in [0, 0.05) is 0 Å². The predicted molar refractivity (Wildman–Crippen MR) is 82.0 cm³/mol. The van der Waals surface area contributed by atoms with Crippen molar-refractivity contribution >= 4 is 11.9 Å². The van der Waals surface area contributed by atoms with Crippen LogP contribution < -0.4 is 0 Å². The number of carboxylic acid groups (broad SMARTS) is 2. The molecule has 2 rings (SSSR count). The van der Waals surface area contributed by atoms with Gasteiger partial charge < -0.3 is 20.4 Å². The van der Waals surface area contributed by atoms with Crippen LogP contribution in [0.3, 0.4) is 0 Å². The molecule has 0 spiro atoms. The van der Waals surface area contributed by atoms with E-state index in [1.807, 2.05) is 0 Å². The summed E-state index contributed by atoms with van der Waals surface area (Å²) in [6.45, 7) is -0.250. The van der Waals surface area contributed by atoms with Crippen molar-refractivity contribution in [1.29, 1.82) is 0 Å². The molecule has 120 valence electrons. The van der Waals surface area contributed by atoms with Crippen molar-refractivity contribution in [3.05, 3.63) is 59.7 Å². The maximum Gasteiger partial charge on any atom is 0.335 e. The number of aliphatic hydroxyl groups excluding tert-OH is 2. The van der Waals surface area contributed by atoms with E-state index in [1.165, 1.54) is 37.1 Å². The predicted octanol–water partition coefficient (Wildman–Crippen LogP) is 1.95. The molecule has 6 heteroatoms. The highest BCUT2D eigenvalue weighted by atomic mass is 16.4. The highest BCUT2D eigenvalue weighted by Crippen LogP contribution is 2.03. The van der Waals surface area contributed by atoms with Gasteiger partial charge in [0.25, 0.3) is 0 Å². The molecular weight excluding hydrogens is 288 g/mol. The molecule has 0 aromatic heterocycles. The van der Waals surface area contributed by atoms with Crippen molar-refractivity contribution < 1.29 is 30.0 Å². The van der Waals surface area contributed by atoms with E-state index >= 15 is 0 Å². The minimum atomic E-state index is -1.06. The Kier molecular flexibility index (Phi) is 10.9. The number of hydrogen-bond acceptors (Lipinski definition) is 4. The normalized spacial score (nSPS) is 11.5. The van der Waals surface area contributed by atoms with Crippen LogP contribution in [0.1, 0.15) is 33.6 Å². The quantitative estimate of drug-likeness (QED) is 0.678. The Morgan fingerprint density at radius 1 is 0.773 bits per heavy atom. The molecule has 0 bridgehead atoms. The van der Waals surface area contributed by atoms with Gasteiger partial charge in [-0.25, -0.2) is 9.59 Å². The van der Waals surface area contributed by atoms with Crippen LogP contribution in [0.4, 0.5) is 0 Å². The fourth-order valence-electron chi connectivity index (χ4n) is 1.30. The summed E-state index contributed by atoms with van der Waals surface area (Å²) in [5, 5.41) is 32.2. The van der Waals surface area contributed by atoms with E-state index in [2.05, 4.69) is 24.3 Å². The SMILES string of the molecule is C1=CCCC=C1.O=C(O)c1ccc(C(=O)O)cc1.OCCO. The minimum absolute atomic E-state index is 0.0833. The number of aromatic carboxylic acids is 2. The summed E-state index contributed by atoms with van der Waals surface area (Å²) in [5.41, 5.74) is 0.167. The fourth-order valence-corrected chi connectivity index (χ4v) is 1.30. The molecule has 0 heterocycles. The van der Waals surface area contributed by atoms with Crippen molar-refractivity contribution in [2.75, 3.05) is 13.2 Å². The van der Waals surface area contributed by atoms with Crippen LogP contribution in [0.5, 0.6) is 0 Å². The number of carbonyl (C=O) groups is 2. The van der Waals surface area contributed by atoms with Crippen LogP contribution in [0.2, 0.25) is 0 Å². The largest absolute Gasteiger partial charge is 0.478 e. The number of allylic oxidation sites excluding steroid dienone is 4. The van der Waals surface area contributed by atoms with E-state index in [9.17, 15) is 9.59 Å². The van der Waals surface area contributed by atoms with Crippen LogP contribution in [-0.2, 0) is 0 Å². The molecule has 1 aromatic rings. The van der Waals surface area contributed by atoms with Gasteiger partial charge in [-0.3, -0.25) is 0 Å². The number of hydrogen-bond donors (Lipinski definition) is 4. The maximum absolute atomic E-state index is 10.3. The first-order chi connectivity index (χ1) is 10.5. The summed E-state index contributed by atoms with van der Waals surface area (Å²) in [5.74, 6) is -2.13. The number of benzene rings is 1. The number of rotatable bonds is 3. The second kappa shape index (κ2) is 12.3. The van der Waals surface area contributed by atoms with Crippen LogP contribution in [0.25, 0.3) is 0 Å². The van der Waals surface area contributed by atoms with Crippen LogP contribution in [-0.4, -0.2) is 45.6 Å². The molecular formula is C16H20O6. The molecule has 0 aliphatic heterocycles. The third-order valence-electron chi connectivity index (χ3n) is 2.36. The topological polar surface area (TPSA) is 115 Å². The first kappa shape index (κ1) is 19.6. The average Bonchev–Trinajstić information content (AvgIpc) is 2.57. The standard InChI is InChI=1S/C8H6O4.C6H8.C2H6O2/c9-7(10)5-1-2-6(4-3-5)8(11)12;1-2-4-6-5-3-1;3-1-2-4/h1-4H,(H,9,10)(H,11,12);1-4H,5-6H2;3-4H,1-2H2. The molecule has 0 atom stereocenters. The van der Waals surface area contributed by atoms with Crippen LogP contribution in [0.15, 0.2) is 48.6 Å². The third-order valence-corrected chi connectivity index (χ3v) is 2.36. The highest BCUT2D eigenvalue weighted by Gasteiger charge is 2.04. The van der Waals surface area contributed by atoms with Gasteiger partial charge in [0.1, 0.15) is 0 Å². The molecule has 0 saturated carbocycles. The van der Waals surface area contributed by atoms with Crippen LogP contribution >= 0.6 is 0 Å². The van der Waals surface area contributed by atoms with E-state index in [0.717, 1.165) is 0 Å². The van der Waals surface area contributed by atoms with E-state index in [1.54, 1.807) is 0 Å². The zero-order valence-corrected chi connectivity index (χ0v) is 12.1. The Labute approximate surface area is 128 Å². The summed E-state index contributed by atoms with van der Waals surface area (Å²) >= 11 is 0. The molecule has 0 radical (unpaired) electrons. The number of aliphatic hydroxyl groups is 2. The van der Waals surface area contributed by atoms with Gasteiger partial charge in [0.15, 0.2) is 0 Å². The second-order valence-electron chi connectivity index (χ2n) is 4.07. The van der Waals surface area contributed by atoms with E-state index in [-0.39, 0.29) is 24.3 Å². The molecule has 0 amide bonds. The average molecular weight is 308 g/mol. The monoisotopic (exact) mass is 308 g/mol. The lowest BCUT2D eigenvalue weighted by Gasteiger charge is -1.94. The van der Waals surface area contributed by atoms with E-state index in [0.29, 0.717) is 0 Å². The third kappa shape index (κ3) is 9.46. The van der Waals surface area contributed by atoms with Gasteiger partial charge in [-0.1, -0.05) is 24.3 Å². The summed E-state index contributed by atoms with van der Waals surface area (Å²) in [6, 6.07) is 5.02. The van der Waals surface area contributed by atoms with Gasteiger partial charge in [-0.15, -0.1) is 0 Å². The van der Waals surface area contributed by atoms with Gasteiger partial charge in [0.2, 0.25) is 0 Å². The van der Waals surface area contributed by atoms with Gasteiger partial charge in [-0.2, -0.15) is 0 Å². The summed E-state index contributed by atoms with van der Waals surface area (Å²) in [7, 11) is 0. The second-order valence-corrected chi connectivity index (χ2v) is 4.07. The Morgan fingerprint density at radius 2 is 1.09 bits per heavy atom. The smallest absolute Gasteiger partial charge is 0.335 e. The molecule has 1 aliphatic carbocycles. The zero-order valence-electron chi connectivity index (χ0n) is 12.1. The Hall–Kier alpha value is -2.44. The van der Waals surface area contributed by atoms with Gasteiger partial charge in [0.05, 0.1) is 24.3 Å². The number of carboxylic acids is 2. The first-order valence-corrected chi connectivity index (χ1v) is 6.63. The lowest BCUT2D eigenvalue weighted by Crippen LogP contribution is -1.99. The summed E-state index contributed by atoms with van der Waals surface area (Å²) in [6.07, 6.45) is 11.0. The zero-order chi connectivity index (χ0) is 16.8. The molecule has 4 N–H and O–H groups in total. The molecule has 1 aromatic carbocycles. The van der Waals surface area contributed by atoms with Crippen molar-refractivity contribution in [2.45, 2.75) is 12.8 Å². The fraction of sp³-hybridized carbons (Fsp3) is 0.250. The van der Waals surface area contributed by atoms with Gasteiger partial charge in [-0.05, 0) is 37.1 Å². The van der Waals surface area contributed by atoms with Gasteiger partial charge >= 0.3 is 11.9 Å². The van der Waals surface area contributed by atoms with E-state index < -0.39 is 11.9 Å². The van der Waals surface area contributed by atoms with Crippen molar-refractivity contribution in [3.63, 3.8) is 0 Å². The van der Waals surface area contributed by atoms with Crippen molar-refractivity contribution in [1.82, 2.24) is 0 Å². The Morgan fingerprint density at radius 3 is 1.23 bits per heavy atom. The van der Waals surface area contributed by atoms with Crippen molar-refractivity contribution in [2.24, 2.45) is 0 Å². The first-order valence-electron chi connectivity index (χ1n) is 6.63. The molecule has 22 heavy (non-hydrogen) atoms. The molecule has 0 fully saturated rings. The Bertz CT molecular complexity index is 455. The Balaban J connectivity index is 0.000000366. The summed E-state index contributed by atoms with van der Waals surface area (Å²) < 4.78 is 0. The maximum atomic E-state index is 10.3. The minimum Gasteiger partial charge on any atom is -0.478 e. The molecule has 6 nitrogen and oxygen atoms in total. The van der Waals surface area contributed by atoms with Crippen molar-refractivity contribution in [3.8, 4) is 0 Å². The summed E-state index contributed by atoms with van der Waals surface area (Å²) in [4.78, 5) is 20.7.